The molecule has 2 heterocycles. The smallest absolute Gasteiger partial charge is 0.143 e. The summed E-state index contributed by atoms with van der Waals surface area (Å²) < 4.78 is 9.07. The Kier molecular flexibility index (Phi) is 5.06. The molecule has 0 spiro atoms. The quantitative estimate of drug-likeness (QED) is 0.203. The van der Waals surface area contributed by atoms with Gasteiger partial charge in [0.2, 0.25) is 0 Å². The number of nitriles is 1. The molecule has 0 amide bonds. The van der Waals surface area contributed by atoms with Crippen LogP contribution in [0.3, 0.4) is 0 Å². The minimum atomic E-state index is 0.646. The lowest BCUT2D eigenvalue weighted by Gasteiger charge is -2.10. The number of hydrogen-bond donors (Lipinski definition) is 0. The summed E-state index contributed by atoms with van der Waals surface area (Å²) in [6, 6.07) is 53.8. The Labute approximate surface area is 263 Å². The van der Waals surface area contributed by atoms with Crippen molar-refractivity contribution in [3.05, 3.63) is 151 Å². The second kappa shape index (κ2) is 9.32. The van der Waals surface area contributed by atoms with E-state index in [9.17, 15) is 5.26 Å². The lowest BCUT2D eigenvalue weighted by molar-refractivity contribution is 0.671. The summed E-state index contributed by atoms with van der Waals surface area (Å²) in [5, 5.41) is 21.4. The van der Waals surface area contributed by atoms with Crippen molar-refractivity contribution in [1.82, 2.24) is 4.57 Å². The van der Waals surface area contributed by atoms with Crippen molar-refractivity contribution < 1.29 is 4.42 Å². The van der Waals surface area contributed by atoms with E-state index >= 15 is 0 Å². The molecule has 0 aliphatic carbocycles. The van der Waals surface area contributed by atoms with Gasteiger partial charge in [0.15, 0.2) is 0 Å². The fraction of sp³-hybridized carbons (Fsp3) is 0. The maximum Gasteiger partial charge on any atom is 0.143 e. The molecule has 10 aromatic rings. The van der Waals surface area contributed by atoms with Crippen LogP contribution in [0.1, 0.15) is 5.56 Å². The summed E-state index contributed by atoms with van der Waals surface area (Å²) in [6.07, 6.45) is 0. The highest BCUT2D eigenvalue weighted by Crippen LogP contribution is 2.43. The molecule has 2 aromatic heterocycles. The molecule has 8 aromatic carbocycles. The van der Waals surface area contributed by atoms with Crippen molar-refractivity contribution in [2.45, 2.75) is 0 Å². The van der Waals surface area contributed by atoms with E-state index in [4.69, 9.17) is 4.42 Å². The zero-order valence-electron chi connectivity index (χ0n) is 24.7. The maximum atomic E-state index is 9.83. The molecule has 3 nitrogen and oxygen atoms in total. The van der Waals surface area contributed by atoms with Gasteiger partial charge in [-0.05, 0) is 98.5 Å². The fourth-order valence-corrected chi connectivity index (χ4v) is 7.38. The Morgan fingerprint density at radius 2 is 1.17 bits per heavy atom. The average Bonchev–Trinajstić information content (AvgIpc) is 3.65. The molecule has 0 radical (unpaired) electrons. The van der Waals surface area contributed by atoms with Crippen LogP contribution in [0.15, 0.2) is 150 Å². The van der Waals surface area contributed by atoms with Gasteiger partial charge in [-0.25, -0.2) is 0 Å². The molecular formula is C43H24N2O. The van der Waals surface area contributed by atoms with Gasteiger partial charge in [-0.2, -0.15) is 5.26 Å². The van der Waals surface area contributed by atoms with E-state index in [0.717, 1.165) is 65.9 Å². The standard InChI is InChI=1S/C43H24N2O/c44-25-26-13-17-39-36(19-26)37-23-32(15-18-40(37)45(39)33-16-14-27-7-1-2-8-28(27)20-33)35-22-31-11-5-6-12-34(31)42-38-21-29-9-3-4-10-30(29)24-41(38)46-43(35)42/h1-24H. The van der Waals surface area contributed by atoms with E-state index < -0.39 is 0 Å². The first-order valence-corrected chi connectivity index (χ1v) is 15.5. The maximum absolute atomic E-state index is 9.83. The van der Waals surface area contributed by atoms with Crippen LogP contribution < -0.4 is 0 Å². The number of nitrogens with zero attached hydrogens (tertiary/aromatic N) is 2. The van der Waals surface area contributed by atoms with Crippen LogP contribution in [-0.2, 0) is 0 Å². The third-order valence-electron chi connectivity index (χ3n) is 9.53. The van der Waals surface area contributed by atoms with Crippen LogP contribution in [0.4, 0.5) is 0 Å². The van der Waals surface area contributed by atoms with Crippen molar-refractivity contribution in [3.63, 3.8) is 0 Å². The van der Waals surface area contributed by atoms with Crippen molar-refractivity contribution in [2.75, 3.05) is 0 Å². The predicted octanol–water partition coefficient (Wildman–Crippen LogP) is 11.7. The fourth-order valence-electron chi connectivity index (χ4n) is 7.38. The summed E-state index contributed by atoms with van der Waals surface area (Å²) in [5.74, 6) is 0. The SMILES string of the molecule is N#Cc1ccc2c(c1)c1cc(-c3cc4ccccc4c4c3oc3cc5ccccc5cc34)ccc1n2-c1ccc2ccccc2c1. The molecular weight excluding hydrogens is 560 g/mol. The number of fused-ring (bicyclic) bond motifs is 10. The molecule has 0 unspecified atom stereocenters. The van der Waals surface area contributed by atoms with Gasteiger partial charge in [0, 0.05) is 32.8 Å². The van der Waals surface area contributed by atoms with E-state index in [0.29, 0.717) is 5.56 Å². The third kappa shape index (κ3) is 3.53. The highest BCUT2D eigenvalue weighted by molar-refractivity contribution is 6.24. The monoisotopic (exact) mass is 584 g/mol. The first kappa shape index (κ1) is 25.0. The van der Waals surface area contributed by atoms with Crippen molar-refractivity contribution in [2.24, 2.45) is 0 Å². The number of rotatable bonds is 2. The Balaban J connectivity index is 1.29. The molecule has 0 fully saturated rings. The predicted molar refractivity (Wildman–Crippen MR) is 191 cm³/mol. The van der Waals surface area contributed by atoms with Crippen LogP contribution in [0.2, 0.25) is 0 Å². The largest absolute Gasteiger partial charge is 0.455 e. The molecule has 0 bridgehead atoms. The van der Waals surface area contributed by atoms with Gasteiger partial charge >= 0.3 is 0 Å². The average molecular weight is 585 g/mol. The van der Waals surface area contributed by atoms with Gasteiger partial charge in [-0.3, -0.25) is 0 Å². The minimum absolute atomic E-state index is 0.646. The molecule has 10 rings (SSSR count). The minimum Gasteiger partial charge on any atom is -0.455 e. The second-order valence-electron chi connectivity index (χ2n) is 12.1. The molecule has 46 heavy (non-hydrogen) atoms. The van der Waals surface area contributed by atoms with Gasteiger partial charge in [0.1, 0.15) is 11.2 Å². The molecule has 0 aliphatic rings. The van der Waals surface area contributed by atoms with Gasteiger partial charge in [0.25, 0.3) is 0 Å². The molecule has 0 atom stereocenters. The Bertz CT molecular complexity index is 2930. The lowest BCUT2D eigenvalue weighted by atomic mass is 9.95. The Hall–Kier alpha value is -6.37. The normalized spacial score (nSPS) is 11.9. The van der Waals surface area contributed by atoms with Crippen LogP contribution in [0.25, 0.3) is 92.9 Å². The van der Waals surface area contributed by atoms with Gasteiger partial charge in [-0.15, -0.1) is 0 Å². The van der Waals surface area contributed by atoms with Crippen molar-refractivity contribution in [1.29, 1.82) is 5.26 Å². The van der Waals surface area contributed by atoms with E-state index in [-0.39, 0.29) is 0 Å². The first-order chi connectivity index (χ1) is 22.7. The number of benzene rings is 8. The number of furan rings is 1. The van der Waals surface area contributed by atoms with E-state index in [1.54, 1.807) is 0 Å². The van der Waals surface area contributed by atoms with E-state index in [2.05, 4.69) is 144 Å². The molecule has 0 saturated carbocycles. The molecule has 0 N–H and O–H groups in total. The van der Waals surface area contributed by atoms with Crippen LogP contribution in [-0.4, -0.2) is 4.57 Å². The Morgan fingerprint density at radius 1 is 0.500 bits per heavy atom. The summed E-state index contributed by atoms with van der Waals surface area (Å²) in [6.45, 7) is 0. The summed E-state index contributed by atoms with van der Waals surface area (Å²) in [7, 11) is 0. The van der Waals surface area contributed by atoms with Crippen molar-refractivity contribution >= 4 is 76.1 Å². The second-order valence-corrected chi connectivity index (χ2v) is 12.1. The Morgan fingerprint density at radius 3 is 1.98 bits per heavy atom. The van der Waals surface area contributed by atoms with E-state index in [1.165, 1.54) is 26.9 Å². The van der Waals surface area contributed by atoms with Gasteiger partial charge in [0.05, 0.1) is 22.7 Å². The van der Waals surface area contributed by atoms with Crippen LogP contribution in [0.5, 0.6) is 0 Å². The van der Waals surface area contributed by atoms with E-state index in [1.807, 2.05) is 12.1 Å². The van der Waals surface area contributed by atoms with Gasteiger partial charge < -0.3 is 8.98 Å². The zero-order chi connectivity index (χ0) is 30.4. The summed E-state index contributed by atoms with van der Waals surface area (Å²) in [4.78, 5) is 0. The topological polar surface area (TPSA) is 41.9 Å². The third-order valence-corrected chi connectivity index (χ3v) is 9.53. The van der Waals surface area contributed by atoms with Crippen LogP contribution >= 0.6 is 0 Å². The molecule has 0 aliphatic heterocycles. The summed E-state index contributed by atoms with van der Waals surface area (Å²) in [5.41, 5.74) is 7.81. The zero-order valence-corrected chi connectivity index (χ0v) is 24.7. The molecule has 0 saturated heterocycles. The van der Waals surface area contributed by atoms with Crippen molar-refractivity contribution in [3.8, 4) is 22.9 Å². The van der Waals surface area contributed by atoms with Crippen LogP contribution in [0, 0.1) is 11.3 Å². The lowest BCUT2D eigenvalue weighted by Crippen LogP contribution is -1.94. The molecule has 3 heteroatoms. The van der Waals surface area contributed by atoms with Gasteiger partial charge in [-0.1, -0.05) is 84.9 Å². The summed E-state index contributed by atoms with van der Waals surface area (Å²) >= 11 is 0. The highest BCUT2D eigenvalue weighted by atomic mass is 16.3. The molecule has 212 valence electrons. The number of aromatic nitrogens is 1. The highest BCUT2D eigenvalue weighted by Gasteiger charge is 2.19. The first-order valence-electron chi connectivity index (χ1n) is 15.5. The number of hydrogen-bond acceptors (Lipinski definition) is 2.